The van der Waals surface area contributed by atoms with Crippen LogP contribution >= 0.6 is 0 Å². The van der Waals surface area contributed by atoms with Gasteiger partial charge in [0, 0.05) is 42.0 Å². The van der Waals surface area contributed by atoms with Crippen molar-refractivity contribution in [3.8, 4) is 5.69 Å². The van der Waals surface area contributed by atoms with Gasteiger partial charge in [0.15, 0.2) is 0 Å². The predicted octanol–water partition coefficient (Wildman–Crippen LogP) is 3.73. The maximum Gasteiger partial charge on any atom is 0.319 e. The second kappa shape index (κ2) is 9.44. The monoisotopic (exact) mass is 419 g/mol. The summed E-state index contributed by atoms with van der Waals surface area (Å²) >= 11 is 0. The Kier molecular flexibility index (Phi) is 6.28. The van der Waals surface area contributed by atoms with Crippen LogP contribution in [0.15, 0.2) is 60.8 Å². The molecule has 1 atom stereocenters. The Bertz CT molecular complexity index is 1040. The average Bonchev–Trinajstić information content (AvgIpc) is 3.45. The summed E-state index contributed by atoms with van der Waals surface area (Å²) in [6.07, 6.45) is 3.85. The molecule has 8 heteroatoms. The summed E-state index contributed by atoms with van der Waals surface area (Å²) in [4.78, 5) is 24.5. The number of benzene rings is 2. The molecule has 8 nitrogen and oxygen atoms in total. The van der Waals surface area contributed by atoms with E-state index in [9.17, 15) is 9.59 Å². The van der Waals surface area contributed by atoms with Gasteiger partial charge >= 0.3 is 6.03 Å². The molecule has 3 amide bonds. The fourth-order valence-corrected chi connectivity index (χ4v) is 3.42. The van der Waals surface area contributed by atoms with Crippen molar-refractivity contribution in [3.63, 3.8) is 0 Å². The summed E-state index contributed by atoms with van der Waals surface area (Å²) in [6.45, 7) is 3.23. The van der Waals surface area contributed by atoms with E-state index in [2.05, 4.69) is 21.0 Å². The van der Waals surface area contributed by atoms with Gasteiger partial charge in [0.05, 0.1) is 11.8 Å². The molecule has 2 aromatic carbocycles. The maximum atomic E-state index is 12.5. The SMILES string of the molecule is Cc1ccnn1-c1ccc(C(=O)Nc2ccc(NC(=O)NCC3CCCO3)cc2)cc1. The number of carbonyl (C=O) groups excluding carboxylic acids is 2. The minimum atomic E-state index is -0.278. The van der Waals surface area contributed by atoms with Crippen molar-refractivity contribution in [1.82, 2.24) is 15.1 Å². The van der Waals surface area contributed by atoms with Crippen molar-refractivity contribution in [1.29, 1.82) is 0 Å². The summed E-state index contributed by atoms with van der Waals surface area (Å²) in [5.41, 5.74) is 3.74. The third-order valence-corrected chi connectivity index (χ3v) is 5.12. The summed E-state index contributed by atoms with van der Waals surface area (Å²) in [5.74, 6) is -0.209. The first-order chi connectivity index (χ1) is 15.1. The topological polar surface area (TPSA) is 97.3 Å². The third kappa shape index (κ3) is 5.29. The van der Waals surface area contributed by atoms with Gasteiger partial charge in [-0.05, 0) is 74.4 Å². The van der Waals surface area contributed by atoms with Crippen molar-refractivity contribution >= 4 is 23.3 Å². The molecule has 0 radical (unpaired) electrons. The quantitative estimate of drug-likeness (QED) is 0.567. The van der Waals surface area contributed by atoms with Crippen LogP contribution in [0.3, 0.4) is 0 Å². The van der Waals surface area contributed by atoms with Crippen molar-refractivity contribution in [2.24, 2.45) is 0 Å². The standard InChI is InChI=1S/C23H25N5O3/c1-16-12-13-25-28(16)20-10-4-17(5-11-20)22(29)26-18-6-8-19(9-7-18)27-23(30)24-15-21-3-2-14-31-21/h4-13,21H,2-3,14-15H2,1H3,(H,26,29)(H2,24,27,30). The zero-order valence-corrected chi connectivity index (χ0v) is 17.3. The first-order valence-corrected chi connectivity index (χ1v) is 10.3. The highest BCUT2D eigenvalue weighted by Crippen LogP contribution is 2.16. The highest BCUT2D eigenvalue weighted by atomic mass is 16.5. The van der Waals surface area contributed by atoms with E-state index in [0.717, 1.165) is 30.8 Å². The Morgan fingerprint density at radius 3 is 2.35 bits per heavy atom. The number of nitrogens with zero attached hydrogens (tertiary/aromatic N) is 2. The van der Waals surface area contributed by atoms with Crippen LogP contribution in [-0.4, -0.2) is 41.0 Å². The second-order valence-electron chi connectivity index (χ2n) is 7.43. The molecule has 0 aliphatic carbocycles. The summed E-state index contributed by atoms with van der Waals surface area (Å²) in [7, 11) is 0. The van der Waals surface area contributed by atoms with Gasteiger partial charge in [-0.25, -0.2) is 9.48 Å². The van der Waals surface area contributed by atoms with Crippen molar-refractivity contribution in [3.05, 3.63) is 72.1 Å². The minimum Gasteiger partial charge on any atom is -0.376 e. The molecule has 1 aliphatic heterocycles. The molecule has 0 saturated carbocycles. The summed E-state index contributed by atoms with van der Waals surface area (Å²) in [5, 5.41) is 12.7. The molecular formula is C23H25N5O3. The number of amides is 3. The second-order valence-corrected chi connectivity index (χ2v) is 7.43. The van der Waals surface area contributed by atoms with Crippen LogP contribution in [0.25, 0.3) is 5.69 Å². The van der Waals surface area contributed by atoms with E-state index in [1.807, 2.05) is 29.8 Å². The number of hydrogen-bond donors (Lipinski definition) is 3. The number of carbonyl (C=O) groups is 2. The lowest BCUT2D eigenvalue weighted by Gasteiger charge is -2.12. The number of anilines is 2. The zero-order valence-electron chi connectivity index (χ0n) is 17.3. The third-order valence-electron chi connectivity index (χ3n) is 5.12. The van der Waals surface area contributed by atoms with Gasteiger partial charge in [0.2, 0.25) is 0 Å². The smallest absolute Gasteiger partial charge is 0.319 e. The number of rotatable bonds is 6. The molecule has 1 fully saturated rings. The lowest BCUT2D eigenvalue weighted by atomic mass is 10.2. The molecule has 4 rings (SSSR count). The van der Waals surface area contributed by atoms with E-state index < -0.39 is 0 Å². The molecule has 1 aliphatic rings. The van der Waals surface area contributed by atoms with Gasteiger partial charge in [-0.15, -0.1) is 0 Å². The van der Waals surface area contributed by atoms with Gasteiger partial charge < -0.3 is 20.7 Å². The van der Waals surface area contributed by atoms with E-state index >= 15 is 0 Å². The first-order valence-electron chi connectivity index (χ1n) is 10.3. The highest BCUT2D eigenvalue weighted by Gasteiger charge is 2.16. The number of hydrogen-bond acceptors (Lipinski definition) is 4. The molecule has 0 bridgehead atoms. The van der Waals surface area contributed by atoms with E-state index in [0.29, 0.717) is 23.5 Å². The fraction of sp³-hybridized carbons (Fsp3) is 0.261. The highest BCUT2D eigenvalue weighted by molar-refractivity contribution is 6.04. The first kappa shape index (κ1) is 20.6. The van der Waals surface area contributed by atoms with Crippen molar-refractivity contribution in [2.75, 3.05) is 23.8 Å². The van der Waals surface area contributed by atoms with Crippen molar-refractivity contribution in [2.45, 2.75) is 25.9 Å². The van der Waals surface area contributed by atoms with E-state index in [1.54, 1.807) is 42.6 Å². The minimum absolute atomic E-state index is 0.0981. The van der Waals surface area contributed by atoms with Gasteiger partial charge in [0.1, 0.15) is 0 Å². The Morgan fingerprint density at radius 2 is 1.74 bits per heavy atom. The molecule has 2 heterocycles. The Morgan fingerprint density at radius 1 is 1.03 bits per heavy atom. The Hall–Kier alpha value is -3.65. The van der Waals surface area contributed by atoms with Crippen LogP contribution in [0.2, 0.25) is 0 Å². The van der Waals surface area contributed by atoms with Crippen LogP contribution in [-0.2, 0) is 4.74 Å². The van der Waals surface area contributed by atoms with E-state index in [4.69, 9.17) is 4.74 Å². The summed E-state index contributed by atoms with van der Waals surface area (Å²) < 4.78 is 7.30. The van der Waals surface area contributed by atoms with Crippen molar-refractivity contribution < 1.29 is 14.3 Å². The lowest BCUT2D eigenvalue weighted by Crippen LogP contribution is -2.35. The molecule has 160 valence electrons. The van der Waals surface area contributed by atoms with Crippen LogP contribution in [0.5, 0.6) is 0 Å². The Labute approximate surface area is 180 Å². The predicted molar refractivity (Wildman–Crippen MR) is 119 cm³/mol. The van der Waals surface area contributed by atoms with E-state index in [1.165, 1.54) is 0 Å². The summed E-state index contributed by atoms with van der Waals surface area (Å²) in [6, 6.07) is 15.9. The van der Waals surface area contributed by atoms with Gasteiger partial charge in [-0.3, -0.25) is 4.79 Å². The average molecular weight is 419 g/mol. The fourth-order valence-electron chi connectivity index (χ4n) is 3.42. The zero-order chi connectivity index (χ0) is 21.6. The molecule has 3 N–H and O–H groups in total. The molecule has 1 aromatic heterocycles. The molecule has 31 heavy (non-hydrogen) atoms. The number of ether oxygens (including phenoxy) is 1. The lowest BCUT2D eigenvalue weighted by molar-refractivity contribution is 0.102. The molecular weight excluding hydrogens is 394 g/mol. The number of aromatic nitrogens is 2. The molecule has 1 saturated heterocycles. The normalized spacial score (nSPS) is 15.5. The van der Waals surface area contributed by atoms with Gasteiger partial charge in [-0.2, -0.15) is 5.10 Å². The van der Waals surface area contributed by atoms with Crippen LogP contribution in [0.4, 0.5) is 16.2 Å². The maximum absolute atomic E-state index is 12.5. The molecule has 1 unspecified atom stereocenters. The number of urea groups is 1. The number of nitrogens with one attached hydrogen (secondary N) is 3. The number of aryl methyl sites for hydroxylation is 1. The van der Waals surface area contributed by atoms with Crippen LogP contribution in [0.1, 0.15) is 28.9 Å². The molecule has 3 aromatic rings. The van der Waals surface area contributed by atoms with Crippen LogP contribution in [0, 0.1) is 6.92 Å². The Balaban J connectivity index is 1.29. The molecule has 0 spiro atoms. The van der Waals surface area contributed by atoms with Gasteiger partial charge in [0.25, 0.3) is 5.91 Å². The largest absolute Gasteiger partial charge is 0.376 e. The van der Waals surface area contributed by atoms with Gasteiger partial charge in [-0.1, -0.05) is 0 Å². The van der Waals surface area contributed by atoms with E-state index in [-0.39, 0.29) is 18.0 Å². The van der Waals surface area contributed by atoms with Crippen LogP contribution < -0.4 is 16.0 Å².